The first-order chi connectivity index (χ1) is 11.6. The van der Waals surface area contributed by atoms with Crippen molar-refractivity contribution in [2.45, 2.75) is 0 Å². The fourth-order valence-electron chi connectivity index (χ4n) is 2.34. The molecule has 0 aliphatic carbocycles. The van der Waals surface area contributed by atoms with Crippen LogP contribution in [0.4, 0.5) is 0 Å². The number of aromatic nitrogens is 1. The molecule has 3 rings (SSSR count). The smallest absolute Gasteiger partial charge is 0.193 e. The number of rotatable bonds is 4. The summed E-state index contributed by atoms with van der Waals surface area (Å²) in [7, 11) is 1.98. The number of ketones is 1. The van der Waals surface area contributed by atoms with E-state index in [9.17, 15) is 9.90 Å². The van der Waals surface area contributed by atoms with Gasteiger partial charge in [0.2, 0.25) is 0 Å². The molecule has 1 heterocycles. The van der Waals surface area contributed by atoms with Gasteiger partial charge in [0.1, 0.15) is 12.8 Å². The van der Waals surface area contributed by atoms with Gasteiger partial charge in [-0.3, -0.25) is 4.79 Å². The molecule has 0 saturated carbocycles. The Bertz CT molecular complexity index is 861. The van der Waals surface area contributed by atoms with Gasteiger partial charge in [0.25, 0.3) is 0 Å². The Hall–Kier alpha value is -3.20. The highest BCUT2D eigenvalue weighted by atomic mass is 16.3. The van der Waals surface area contributed by atoms with E-state index >= 15 is 0 Å². The predicted octanol–water partition coefficient (Wildman–Crippen LogP) is 3.62. The van der Waals surface area contributed by atoms with Gasteiger partial charge in [-0.15, -0.1) is 0 Å². The SMILES string of the molecule is C[n+]1ccc(/C=C/c2ccc(C(=O)c3ccc(O)cc3)cc2)cc1. The van der Waals surface area contributed by atoms with Gasteiger partial charge in [-0.1, -0.05) is 36.4 Å². The number of hydrogen-bond acceptors (Lipinski definition) is 2. The van der Waals surface area contributed by atoms with E-state index in [1.807, 2.05) is 72.6 Å². The van der Waals surface area contributed by atoms with Gasteiger partial charge in [0, 0.05) is 23.3 Å². The first-order valence-electron chi connectivity index (χ1n) is 7.69. The summed E-state index contributed by atoms with van der Waals surface area (Å²) in [5, 5.41) is 9.29. The molecular weight excluding hydrogens is 298 g/mol. The van der Waals surface area contributed by atoms with Crippen LogP contribution in [0.5, 0.6) is 5.75 Å². The van der Waals surface area contributed by atoms with Crippen molar-refractivity contribution in [2.75, 3.05) is 0 Å². The molecule has 24 heavy (non-hydrogen) atoms. The topological polar surface area (TPSA) is 41.2 Å². The van der Waals surface area contributed by atoms with Crippen LogP contribution in [0.2, 0.25) is 0 Å². The molecule has 3 aromatic rings. The van der Waals surface area contributed by atoms with E-state index in [4.69, 9.17) is 0 Å². The predicted molar refractivity (Wildman–Crippen MR) is 94.5 cm³/mol. The maximum atomic E-state index is 12.4. The molecule has 0 spiro atoms. The minimum Gasteiger partial charge on any atom is -0.508 e. The van der Waals surface area contributed by atoms with E-state index < -0.39 is 0 Å². The fraction of sp³-hybridized carbons (Fsp3) is 0.0476. The number of carbonyl (C=O) groups excluding carboxylic acids is 1. The maximum Gasteiger partial charge on any atom is 0.193 e. The summed E-state index contributed by atoms with van der Waals surface area (Å²) < 4.78 is 1.99. The van der Waals surface area contributed by atoms with E-state index in [-0.39, 0.29) is 11.5 Å². The molecule has 3 heteroatoms. The molecule has 1 aromatic heterocycles. The third-order valence-electron chi connectivity index (χ3n) is 3.77. The highest BCUT2D eigenvalue weighted by molar-refractivity contribution is 6.09. The molecule has 0 fully saturated rings. The zero-order chi connectivity index (χ0) is 16.9. The maximum absolute atomic E-state index is 12.4. The molecule has 1 N–H and O–H groups in total. The minimum absolute atomic E-state index is 0.0545. The lowest BCUT2D eigenvalue weighted by Gasteiger charge is -2.02. The van der Waals surface area contributed by atoms with Crippen LogP contribution in [0.1, 0.15) is 27.0 Å². The molecule has 0 saturated heterocycles. The van der Waals surface area contributed by atoms with Crippen molar-refractivity contribution in [3.05, 3.63) is 95.3 Å². The Morgan fingerprint density at radius 3 is 1.79 bits per heavy atom. The molecule has 0 atom stereocenters. The summed E-state index contributed by atoms with van der Waals surface area (Å²) in [6.07, 6.45) is 8.05. The fourth-order valence-corrected chi connectivity index (χ4v) is 2.34. The standard InChI is InChI=1S/C21H17NO2/c1-22-14-12-17(13-15-22)3-2-16-4-6-18(7-5-16)21(24)19-8-10-20(23)11-9-19/h2-15H,1H3/p+1/b3-2+. The second-order valence-corrected chi connectivity index (χ2v) is 5.63. The number of aryl methyl sites for hydroxylation is 1. The third-order valence-corrected chi connectivity index (χ3v) is 3.77. The Balaban J connectivity index is 1.74. The summed E-state index contributed by atoms with van der Waals surface area (Å²) in [5.41, 5.74) is 3.35. The van der Waals surface area contributed by atoms with Gasteiger partial charge in [0.15, 0.2) is 18.2 Å². The van der Waals surface area contributed by atoms with Crippen LogP contribution in [0, 0.1) is 0 Å². The van der Waals surface area contributed by atoms with E-state index in [1.54, 1.807) is 12.1 Å². The van der Waals surface area contributed by atoms with Gasteiger partial charge in [0.05, 0.1) is 0 Å². The van der Waals surface area contributed by atoms with Crippen molar-refractivity contribution in [1.82, 2.24) is 0 Å². The normalized spacial score (nSPS) is 10.9. The second-order valence-electron chi connectivity index (χ2n) is 5.63. The Kier molecular flexibility index (Phi) is 4.52. The Morgan fingerprint density at radius 2 is 1.25 bits per heavy atom. The number of carbonyl (C=O) groups is 1. The van der Waals surface area contributed by atoms with E-state index in [0.29, 0.717) is 11.1 Å². The lowest BCUT2D eigenvalue weighted by Crippen LogP contribution is -2.25. The number of phenolic OH excluding ortho intramolecular Hbond substituents is 1. The number of benzene rings is 2. The first-order valence-corrected chi connectivity index (χ1v) is 7.69. The number of hydrogen-bond donors (Lipinski definition) is 1. The number of phenols is 1. The summed E-state index contributed by atoms with van der Waals surface area (Å²) in [6, 6.07) is 17.9. The van der Waals surface area contributed by atoms with Crippen LogP contribution in [0.25, 0.3) is 12.2 Å². The van der Waals surface area contributed by atoms with Crippen LogP contribution < -0.4 is 4.57 Å². The molecule has 0 unspecified atom stereocenters. The zero-order valence-corrected chi connectivity index (χ0v) is 13.4. The monoisotopic (exact) mass is 316 g/mol. The van der Waals surface area contributed by atoms with Gasteiger partial charge >= 0.3 is 0 Å². The summed E-state index contributed by atoms with van der Waals surface area (Å²) in [6.45, 7) is 0. The summed E-state index contributed by atoms with van der Waals surface area (Å²) in [5.74, 6) is 0.0997. The van der Waals surface area contributed by atoms with Crippen LogP contribution >= 0.6 is 0 Å². The van der Waals surface area contributed by atoms with Crippen molar-refractivity contribution in [1.29, 1.82) is 0 Å². The van der Waals surface area contributed by atoms with Crippen LogP contribution in [0.3, 0.4) is 0 Å². The zero-order valence-electron chi connectivity index (χ0n) is 13.4. The van der Waals surface area contributed by atoms with Crippen molar-refractivity contribution in [3.63, 3.8) is 0 Å². The molecule has 0 radical (unpaired) electrons. The van der Waals surface area contributed by atoms with Gasteiger partial charge < -0.3 is 5.11 Å². The Morgan fingerprint density at radius 1 is 0.792 bits per heavy atom. The molecular formula is C21H18NO2+. The highest BCUT2D eigenvalue weighted by Crippen LogP contribution is 2.15. The van der Waals surface area contributed by atoms with Crippen molar-refractivity contribution < 1.29 is 14.5 Å². The third kappa shape index (κ3) is 3.76. The Labute approximate surface area is 141 Å². The van der Waals surface area contributed by atoms with Crippen molar-refractivity contribution in [2.24, 2.45) is 7.05 Å². The van der Waals surface area contributed by atoms with Gasteiger partial charge in [-0.05, 0) is 35.4 Å². The van der Waals surface area contributed by atoms with Gasteiger partial charge in [-0.25, -0.2) is 4.57 Å². The lowest BCUT2D eigenvalue weighted by molar-refractivity contribution is -0.671. The molecule has 0 amide bonds. The molecule has 0 bridgehead atoms. The van der Waals surface area contributed by atoms with Crippen LogP contribution in [-0.4, -0.2) is 10.9 Å². The van der Waals surface area contributed by atoms with E-state index in [1.165, 1.54) is 12.1 Å². The second kappa shape index (κ2) is 6.92. The quantitative estimate of drug-likeness (QED) is 0.590. The summed E-state index contributed by atoms with van der Waals surface area (Å²) in [4.78, 5) is 12.4. The average molecular weight is 316 g/mol. The van der Waals surface area contributed by atoms with Crippen molar-refractivity contribution >= 4 is 17.9 Å². The first kappa shape index (κ1) is 15.7. The molecule has 2 aromatic carbocycles. The van der Waals surface area contributed by atoms with Crippen LogP contribution in [-0.2, 0) is 7.05 Å². The van der Waals surface area contributed by atoms with E-state index in [0.717, 1.165) is 11.1 Å². The van der Waals surface area contributed by atoms with Crippen LogP contribution in [0.15, 0.2) is 73.1 Å². The average Bonchev–Trinajstić information content (AvgIpc) is 2.62. The number of pyridine rings is 1. The molecule has 3 nitrogen and oxygen atoms in total. The largest absolute Gasteiger partial charge is 0.508 e. The number of nitrogens with zero attached hydrogens (tertiary/aromatic N) is 1. The summed E-state index contributed by atoms with van der Waals surface area (Å²) >= 11 is 0. The lowest BCUT2D eigenvalue weighted by atomic mass is 10.0. The highest BCUT2D eigenvalue weighted by Gasteiger charge is 2.08. The van der Waals surface area contributed by atoms with Gasteiger partial charge in [-0.2, -0.15) is 0 Å². The van der Waals surface area contributed by atoms with Crippen molar-refractivity contribution in [3.8, 4) is 5.75 Å². The molecule has 118 valence electrons. The molecule has 0 aliphatic rings. The number of aromatic hydroxyl groups is 1. The minimum atomic E-state index is -0.0545. The molecule has 0 aliphatic heterocycles. The van der Waals surface area contributed by atoms with E-state index in [2.05, 4.69) is 0 Å².